The van der Waals surface area contributed by atoms with E-state index in [-0.39, 0.29) is 5.91 Å². The van der Waals surface area contributed by atoms with E-state index in [9.17, 15) is 4.79 Å². The minimum absolute atomic E-state index is 0.0872. The van der Waals surface area contributed by atoms with E-state index < -0.39 is 0 Å². The van der Waals surface area contributed by atoms with Gasteiger partial charge in [-0.25, -0.2) is 0 Å². The van der Waals surface area contributed by atoms with Gasteiger partial charge in [-0.1, -0.05) is 30.3 Å². The van der Waals surface area contributed by atoms with Gasteiger partial charge in [0.2, 0.25) is 0 Å². The van der Waals surface area contributed by atoms with E-state index in [0.29, 0.717) is 11.7 Å². The number of furan rings is 1. The van der Waals surface area contributed by atoms with Crippen LogP contribution in [0.5, 0.6) is 0 Å². The van der Waals surface area contributed by atoms with Crippen LogP contribution in [0.2, 0.25) is 0 Å². The highest BCUT2D eigenvalue weighted by molar-refractivity contribution is 5.91. The number of piperazine rings is 1. The van der Waals surface area contributed by atoms with Crippen molar-refractivity contribution in [3.8, 4) is 0 Å². The molecule has 0 spiro atoms. The van der Waals surface area contributed by atoms with Crippen molar-refractivity contribution in [3.63, 3.8) is 0 Å². The van der Waals surface area contributed by atoms with Crippen LogP contribution in [-0.4, -0.2) is 48.4 Å². The summed E-state index contributed by atoms with van der Waals surface area (Å²) >= 11 is 0. The van der Waals surface area contributed by atoms with E-state index in [1.54, 1.807) is 6.07 Å². The smallest absolute Gasteiger partial charge is 0.287 e. The fraction of sp³-hybridized carbons (Fsp3) is 0.476. The lowest BCUT2D eigenvalue weighted by Gasteiger charge is -2.34. The van der Waals surface area contributed by atoms with Gasteiger partial charge in [-0.2, -0.15) is 0 Å². The summed E-state index contributed by atoms with van der Waals surface area (Å²) in [5, 5.41) is 2.95. The first kappa shape index (κ1) is 17.3. The van der Waals surface area contributed by atoms with Crippen molar-refractivity contribution >= 4 is 5.91 Å². The molecule has 1 saturated carbocycles. The number of hydrogen-bond donors (Lipinski definition) is 1. The zero-order valence-electron chi connectivity index (χ0n) is 15.2. The molecule has 26 heavy (non-hydrogen) atoms. The maximum Gasteiger partial charge on any atom is 0.287 e. The van der Waals surface area contributed by atoms with E-state index >= 15 is 0 Å². The second kappa shape index (κ2) is 8.06. The van der Waals surface area contributed by atoms with E-state index in [0.717, 1.165) is 51.6 Å². The molecule has 0 radical (unpaired) electrons. The molecule has 2 fully saturated rings. The summed E-state index contributed by atoms with van der Waals surface area (Å²) in [4.78, 5) is 17.0. The third kappa shape index (κ3) is 4.74. The predicted molar refractivity (Wildman–Crippen MR) is 101 cm³/mol. The fourth-order valence-electron chi connectivity index (χ4n) is 3.40. The largest absolute Gasteiger partial charge is 0.455 e. The number of carbonyl (C=O) groups is 1. The van der Waals surface area contributed by atoms with Crippen LogP contribution in [0.4, 0.5) is 0 Å². The maximum atomic E-state index is 12.1. The molecule has 2 aromatic rings. The predicted octanol–water partition coefficient (Wildman–Crippen LogP) is 2.74. The summed E-state index contributed by atoms with van der Waals surface area (Å²) in [7, 11) is 0. The van der Waals surface area contributed by atoms with Gasteiger partial charge in [-0.15, -0.1) is 0 Å². The lowest BCUT2D eigenvalue weighted by molar-refractivity contribution is 0.0913. The zero-order chi connectivity index (χ0) is 17.8. The van der Waals surface area contributed by atoms with E-state index in [2.05, 4.69) is 45.4 Å². The molecular weight excluding hydrogens is 326 g/mol. The van der Waals surface area contributed by atoms with Crippen molar-refractivity contribution in [3.05, 3.63) is 59.5 Å². The molecule has 5 nitrogen and oxygen atoms in total. The molecular formula is C21H27N3O2. The molecule has 5 heteroatoms. The second-order valence-corrected chi connectivity index (χ2v) is 7.46. The number of rotatable bonds is 7. The molecule has 1 aromatic carbocycles. The first-order valence-corrected chi connectivity index (χ1v) is 9.62. The number of benzene rings is 1. The number of hydrogen-bond acceptors (Lipinski definition) is 4. The Balaban J connectivity index is 1.22. The Kier molecular flexibility index (Phi) is 5.37. The van der Waals surface area contributed by atoms with Crippen LogP contribution < -0.4 is 5.32 Å². The third-order valence-corrected chi connectivity index (χ3v) is 5.23. The Morgan fingerprint density at radius 3 is 2.35 bits per heavy atom. The van der Waals surface area contributed by atoms with Crippen LogP contribution in [-0.2, 0) is 13.1 Å². The minimum atomic E-state index is -0.0872. The molecule has 1 aliphatic heterocycles. The highest BCUT2D eigenvalue weighted by Crippen LogP contribution is 2.27. The standard InChI is InChI=1S/C21H27N3O2/c25-21(22-14-17-6-7-17)20-9-8-19(26-20)16-24-12-10-23(11-13-24)15-18-4-2-1-3-5-18/h1-5,8-9,17H,6-7,10-16H2,(H,22,25). The van der Waals surface area contributed by atoms with Crippen LogP contribution in [0.15, 0.2) is 46.9 Å². The van der Waals surface area contributed by atoms with Crippen molar-refractivity contribution in [1.29, 1.82) is 0 Å². The summed E-state index contributed by atoms with van der Waals surface area (Å²) in [6, 6.07) is 14.4. The lowest BCUT2D eigenvalue weighted by Crippen LogP contribution is -2.45. The molecule has 0 atom stereocenters. The number of nitrogens with zero attached hydrogens (tertiary/aromatic N) is 2. The average Bonchev–Trinajstić information content (AvgIpc) is 3.39. The summed E-state index contributed by atoms with van der Waals surface area (Å²) in [6.45, 7) is 6.73. The first-order chi connectivity index (χ1) is 12.8. The molecule has 1 amide bonds. The van der Waals surface area contributed by atoms with Gasteiger partial charge in [0, 0.05) is 39.3 Å². The van der Waals surface area contributed by atoms with Crippen molar-refractivity contribution < 1.29 is 9.21 Å². The molecule has 1 saturated heterocycles. The van der Waals surface area contributed by atoms with Gasteiger partial charge < -0.3 is 9.73 Å². The van der Waals surface area contributed by atoms with Gasteiger partial charge in [0.25, 0.3) is 5.91 Å². The summed E-state index contributed by atoms with van der Waals surface area (Å²) in [5.74, 6) is 1.90. The van der Waals surface area contributed by atoms with Gasteiger partial charge >= 0.3 is 0 Å². The first-order valence-electron chi connectivity index (χ1n) is 9.62. The van der Waals surface area contributed by atoms with Gasteiger partial charge in [0.05, 0.1) is 6.54 Å². The van der Waals surface area contributed by atoms with E-state index in [4.69, 9.17) is 4.42 Å². The van der Waals surface area contributed by atoms with Crippen molar-refractivity contribution in [2.24, 2.45) is 5.92 Å². The zero-order valence-corrected chi connectivity index (χ0v) is 15.2. The van der Waals surface area contributed by atoms with Gasteiger partial charge in [0.15, 0.2) is 5.76 Å². The maximum absolute atomic E-state index is 12.1. The van der Waals surface area contributed by atoms with Gasteiger partial charge in [-0.3, -0.25) is 14.6 Å². The highest BCUT2D eigenvalue weighted by atomic mass is 16.4. The Morgan fingerprint density at radius 2 is 1.65 bits per heavy atom. The van der Waals surface area contributed by atoms with Crippen LogP contribution in [0, 0.1) is 5.92 Å². The molecule has 1 aliphatic carbocycles. The van der Waals surface area contributed by atoms with E-state index in [1.807, 2.05) is 6.07 Å². The molecule has 0 bridgehead atoms. The number of carbonyl (C=O) groups excluding carboxylic acids is 1. The molecule has 2 heterocycles. The van der Waals surface area contributed by atoms with Crippen molar-refractivity contribution in [2.75, 3.05) is 32.7 Å². The topological polar surface area (TPSA) is 48.7 Å². The Bertz CT molecular complexity index is 716. The summed E-state index contributed by atoms with van der Waals surface area (Å²) < 4.78 is 5.76. The minimum Gasteiger partial charge on any atom is -0.455 e. The van der Waals surface area contributed by atoms with Gasteiger partial charge in [0.1, 0.15) is 5.76 Å². The Labute approximate surface area is 155 Å². The monoisotopic (exact) mass is 353 g/mol. The molecule has 138 valence electrons. The van der Waals surface area contributed by atoms with E-state index in [1.165, 1.54) is 18.4 Å². The van der Waals surface area contributed by atoms with Crippen LogP contribution in [0.25, 0.3) is 0 Å². The summed E-state index contributed by atoms with van der Waals surface area (Å²) in [6.07, 6.45) is 2.47. The third-order valence-electron chi connectivity index (χ3n) is 5.23. The average molecular weight is 353 g/mol. The number of nitrogens with one attached hydrogen (secondary N) is 1. The Hall–Kier alpha value is -2.11. The molecule has 2 aliphatic rings. The normalized spacial score (nSPS) is 18.8. The number of amides is 1. The quantitative estimate of drug-likeness (QED) is 0.832. The highest BCUT2D eigenvalue weighted by Gasteiger charge is 2.23. The van der Waals surface area contributed by atoms with Crippen LogP contribution in [0.1, 0.15) is 34.7 Å². The van der Waals surface area contributed by atoms with Crippen molar-refractivity contribution in [2.45, 2.75) is 25.9 Å². The Morgan fingerprint density at radius 1 is 0.962 bits per heavy atom. The summed E-state index contributed by atoms with van der Waals surface area (Å²) in [5.41, 5.74) is 1.37. The van der Waals surface area contributed by atoms with Crippen molar-refractivity contribution in [1.82, 2.24) is 15.1 Å². The van der Waals surface area contributed by atoms with Crippen LogP contribution in [0.3, 0.4) is 0 Å². The molecule has 0 unspecified atom stereocenters. The second-order valence-electron chi connectivity index (χ2n) is 7.46. The molecule has 1 N–H and O–H groups in total. The molecule has 4 rings (SSSR count). The van der Waals surface area contributed by atoms with Crippen LogP contribution >= 0.6 is 0 Å². The molecule has 1 aromatic heterocycles. The lowest BCUT2D eigenvalue weighted by atomic mass is 10.2. The fourth-order valence-corrected chi connectivity index (χ4v) is 3.40. The van der Waals surface area contributed by atoms with Gasteiger partial charge in [-0.05, 0) is 36.5 Å². The SMILES string of the molecule is O=C(NCC1CC1)c1ccc(CN2CCN(Cc3ccccc3)CC2)o1.